The summed E-state index contributed by atoms with van der Waals surface area (Å²) in [6.07, 6.45) is 5.14. The van der Waals surface area contributed by atoms with Gasteiger partial charge in [-0.15, -0.1) is 24.0 Å². The van der Waals surface area contributed by atoms with E-state index in [1.54, 1.807) is 6.26 Å². The molecule has 1 aliphatic rings. The lowest BCUT2D eigenvalue weighted by Crippen LogP contribution is -2.39. The molecule has 0 unspecified atom stereocenters. The highest BCUT2D eigenvalue weighted by molar-refractivity contribution is 14.0. The van der Waals surface area contributed by atoms with Crippen molar-refractivity contribution in [2.75, 3.05) is 26.2 Å². The van der Waals surface area contributed by atoms with Crippen LogP contribution in [0.15, 0.2) is 27.8 Å². The first-order valence-corrected chi connectivity index (χ1v) is 6.46. The summed E-state index contributed by atoms with van der Waals surface area (Å²) >= 11 is 0. The molecule has 1 N–H and O–H groups in total. The van der Waals surface area contributed by atoms with Gasteiger partial charge in [0.25, 0.3) is 0 Å². The minimum atomic E-state index is 0. The molecule has 0 bridgehead atoms. The molecule has 18 heavy (non-hydrogen) atoms. The van der Waals surface area contributed by atoms with Gasteiger partial charge in [0, 0.05) is 32.6 Å². The molecule has 0 amide bonds. The van der Waals surface area contributed by atoms with E-state index in [1.165, 1.54) is 12.8 Å². The summed E-state index contributed by atoms with van der Waals surface area (Å²) in [5, 5.41) is 3.35. The van der Waals surface area contributed by atoms with Crippen LogP contribution in [0, 0.1) is 0 Å². The summed E-state index contributed by atoms with van der Waals surface area (Å²) in [7, 11) is 0. The summed E-state index contributed by atoms with van der Waals surface area (Å²) in [5.41, 5.74) is 0. The number of nitrogens with zero attached hydrogens (tertiary/aromatic N) is 2. The van der Waals surface area contributed by atoms with E-state index < -0.39 is 0 Å². The third kappa shape index (κ3) is 4.51. The summed E-state index contributed by atoms with van der Waals surface area (Å²) in [5.74, 6) is 2.06. The Hall–Kier alpha value is -0.720. The topological polar surface area (TPSA) is 40.8 Å². The monoisotopic (exact) mass is 363 g/mol. The fourth-order valence-electron chi connectivity index (χ4n) is 2.08. The number of likely N-dealkylation sites (tertiary alicyclic amines) is 1. The summed E-state index contributed by atoms with van der Waals surface area (Å²) in [6, 6.07) is 3.92. The van der Waals surface area contributed by atoms with Crippen molar-refractivity contribution >= 4 is 29.9 Å². The van der Waals surface area contributed by atoms with Gasteiger partial charge in [-0.2, -0.15) is 0 Å². The normalized spacial score (nSPS) is 15.6. The predicted molar refractivity (Wildman–Crippen MR) is 84.6 cm³/mol. The smallest absolute Gasteiger partial charge is 0.193 e. The maximum atomic E-state index is 5.30. The number of furan rings is 1. The van der Waals surface area contributed by atoms with Crippen LogP contribution in [0.4, 0.5) is 0 Å². The van der Waals surface area contributed by atoms with Crippen LogP contribution in [-0.4, -0.2) is 37.0 Å². The second kappa shape index (κ2) is 8.39. The first kappa shape index (κ1) is 15.3. The van der Waals surface area contributed by atoms with Crippen molar-refractivity contribution in [3.05, 3.63) is 24.2 Å². The Kier molecular flexibility index (Phi) is 7.15. The standard InChI is InChI=1S/C13H21N3O.HI/c1-2-14-13(16-9-3-4-10-16)15-8-7-12-6-5-11-17-12;/h5-6,11H,2-4,7-10H2,1H3,(H,14,15);1H. The van der Waals surface area contributed by atoms with Gasteiger partial charge in [-0.1, -0.05) is 0 Å². The molecule has 1 aromatic heterocycles. The molecule has 0 atom stereocenters. The van der Waals surface area contributed by atoms with Crippen LogP contribution >= 0.6 is 24.0 Å². The Labute approximate surface area is 126 Å². The molecule has 0 radical (unpaired) electrons. The Morgan fingerprint density at radius 1 is 1.44 bits per heavy atom. The fraction of sp³-hybridized carbons (Fsp3) is 0.615. The van der Waals surface area contributed by atoms with E-state index in [4.69, 9.17) is 4.42 Å². The van der Waals surface area contributed by atoms with E-state index in [9.17, 15) is 0 Å². The van der Waals surface area contributed by atoms with Gasteiger partial charge in [-0.3, -0.25) is 4.99 Å². The molecule has 2 rings (SSSR count). The lowest BCUT2D eigenvalue weighted by molar-refractivity contribution is 0.489. The van der Waals surface area contributed by atoms with E-state index >= 15 is 0 Å². The van der Waals surface area contributed by atoms with Crippen LogP contribution in [0.2, 0.25) is 0 Å². The Morgan fingerprint density at radius 2 is 2.22 bits per heavy atom. The predicted octanol–water partition coefficient (Wildman–Crippen LogP) is 2.50. The maximum Gasteiger partial charge on any atom is 0.193 e. The number of hydrogen-bond donors (Lipinski definition) is 1. The first-order chi connectivity index (χ1) is 8.40. The maximum absolute atomic E-state index is 5.30. The van der Waals surface area contributed by atoms with Gasteiger partial charge in [-0.25, -0.2) is 0 Å². The zero-order valence-electron chi connectivity index (χ0n) is 10.9. The van der Waals surface area contributed by atoms with Gasteiger partial charge >= 0.3 is 0 Å². The highest BCUT2D eigenvalue weighted by Gasteiger charge is 2.15. The zero-order chi connectivity index (χ0) is 11.9. The van der Waals surface area contributed by atoms with Gasteiger partial charge in [0.1, 0.15) is 5.76 Å². The third-order valence-electron chi connectivity index (χ3n) is 2.94. The molecule has 1 saturated heterocycles. The summed E-state index contributed by atoms with van der Waals surface area (Å²) < 4.78 is 5.30. The van der Waals surface area contributed by atoms with Crippen LogP contribution in [0.5, 0.6) is 0 Å². The van der Waals surface area contributed by atoms with Crippen molar-refractivity contribution in [1.82, 2.24) is 10.2 Å². The number of nitrogens with one attached hydrogen (secondary N) is 1. The molecule has 1 aromatic rings. The molecule has 5 heteroatoms. The minimum Gasteiger partial charge on any atom is -0.469 e. The van der Waals surface area contributed by atoms with Crippen molar-refractivity contribution in [2.24, 2.45) is 4.99 Å². The van der Waals surface area contributed by atoms with Gasteiger partial charge in [-0.05, 0) is 31.9 Å². The molecule has 0 aliphatic carbocycles. The largest absolute Gasteiger partial charge is 0.469 e. The molecule has 0 saturated carbocycles. The van der Waals surface area contributed by atoms with Crippen LogP contribution < -0.4 is 5.32 Å². The van der Waals surface area contributed by atoms with Gasteiger partial charge in [0.15, 0.2) is 5.96 Å². The van der Waals surface area contributed by atoms with E-state index in [2.05, 4.69) is 22.1 Å². The number of halogens is 1. The quantitative estimate of drug-likeness (QED) is 0.508. The second-order valence-corrected chi connectivity index (χ2v) is 4.26. The lowest BCUT2D eigenvalue weighted by Gasteiger charge is -2.20. The van der Waals surface area contributed by atoms with Crippen LogP contribution in [-0.2, 0) is 6.42 Å². The highest BCUT2D eigenvalue weighted by atomic mass is 127. The van der Waals surface area contributed by atoms with E-state index in [1.807, 2.05) is 12.1 Å². The van der Waals surface area contributed by atoms with Gasteiger partial charge < -0.3 is 14.6 Å². The minimum absolute atomic E-state index is 0. The van der Waals surface area contributed by atoms with Crippen molar-refractivity contribution < 1.29 is 4.42 Å². The van der Waals surface area contributed by atoms with Gasteiger partial charge in [0.2, 0.25) is 0 Å². The molecule has 1 aliphatic heterocycles. The highest BCUT2D eigenvalue weighted by Crippen LogP contribution is 2.08. The molecular weight excluding hydrogens is 341 g/mol. The van der Waals surface area contributed by atoms with E-state index in [-0.39, 0.29) is 24.0 Å². The van der Waals surface area contributed by atoms with Crippen molar-refractivity contribution in [3.63, 3.8) is 0 Å². The Morgan fingerprint density at radius 3 is 2.83 bits per heavy atom. The molecule has 0 spiro atoms. The Bertz CT molecular complexity index is 345. The molecule has 4 nitrogen and oxygen atoms in total. The Balaban J connectivity index is 0.00000162. The number of guanidine groups is 1. The number of aliphatic imine (C=N–C) groups is 1. The molecular formula is C13H22IN3O. The van der Waals surface area contributed by atoms with Crippen molar-refractivity contribution in [3.8, 4) is 0 Å². The molecule has 2 heterocycles. The number of hydrogen-bond acceptors (Lipinski definition) is 2. The lowest BCUT2D eigenvalue weighted by atomic mass is 10.3. The summed E-state index contributed by atoms with van der Waals surface area (Å²) in [6.45, 7) is 6.08. The average Bonchev–Trinajstić information content (AvgIpc) is 3.01. The molecule has 0 aromatic carbocycles. The third-order valence-corrected chi connectivity index (χ3v) is 2.94. The van der Waals surface area contributed by atoms with Crippen molar-refractivity contribution in [1.29, 1.82) is 0 Å². The SMILES string of the molecule is CCNC(=NCCc1ccco1)N1CCCC1.I. The van der Waals surface area contributed by atoms with Crippen LogP contribution in [0.3, 0.4) is 0 Å². The summed E-state index contributed by atoms with van der Waals surface area (Å²) in [4.78, 5) is 6.98. The van der Waals surface area contributed by atoms with Crippen LogP contribution in [0.25, 0.3) is 0 Å². The van der Waals surface area contributed by atoms with E-state index in [0.29, 0.717) is 0 Å². The van der Waals surface area contributed by atoms with Crippen molar-refractivity contribution in [2.45, 2.75) is 26.2 Å². The van der Waals surface area contributed by atoms with E-state index in [0.717, 1.165) is 44.3 Å². The number of rotatable bonds is 4. The average molecular weight is 363 g/mol. The molecule has 102 valence electrons. The molecule has 1 fully saturated rings. The first-order valence-electron chi connectivity index (χ1n) is 6.46. The van der Waals surface area contributed by atoms with Crippen LogP contribution in [0.1, 0.15) is 25.5 Å². The fourth-order valence-corrected chi connectivity index (χ4v) is 2.08. The second-order valence-electron chi connectivity index (χ2n) is 4.26. The van der Waals surface area contributed by atoms with Gasteiger partial charge in [0.05, 0.1) is 6.26 Å². The zero-order valence-corrected chi connectivity index (χ0v) is 13.2.